The Morgan fingerprint density at radius 2 is 1.86 bits per heavy atom. The molecular formula is C21H22N4O2S. The molecule has 2 atom stereocenters. The van der Waals surface area contributed by atoms with Crippen LogP contribution in [0.1, 0.15) is 19.4 Å². The Balaban J connectivity index is 1.79. The summed E-state index contributed by atoms with van der Waals surface area (Å²) in [6.45, 7) is 3.91. The molecule has 6 nitrogen and oxygen atoms in total. The predicted molar refractivity (Wildman–Crippen MR) is 112 cm³/mol. The molecule has 0 bridgehead atoms. The predicted octanol–water partition coefficient (Wildman–Crippen LogP) is 1.98. The molecule has 0 spiro atoms. The van der Waals surface area contributed by atoms with Gasteiger partial charge in [0.25, 0.3) is 0 Å². The van der Waals surface area contributed by atoms with E-state index in [1.807, 2.05) is 54.6 Å². The van der Waals surface area contributed by atoms with Gasteiger partial charge in [0.15, 0.2) is 6.17 Å². The smallest absolute Gasteiger partial charge is 0.315 e. The van der Waals surface area contributed by atoms with Crippen molar-refractivity contribution in [1.29, 1.82) is 0 Å². The third-order valence-electron chi connectivity index (χ3n) is 4.34. The highest BCUT2D eigenvalue weighted by molar-refractivity contribution is 7.80. The van der Waals surface area contributed by atoms with Gasteiger partial charge in [-0.15, -0.1) is 0 Å². The van der Waals surface area contributed by atoms with Crippen molar-refractivity contribution in [3.63, 3.8) is 0 Å². The fourth-order valence-corrected chi connectivity index (χ4v) is 3.07. The van der Waals surface area contributed by atoms with Crippen LogP contribution in [0.15, 0.2) is 69.7 Å². The van der Waals surface area contributed by atoms with Crippen molar-refractivity contribution in [1.82, 2.24) is 5.43 Å². The van der Waals surface area contributed by atoms with Crippen LogP contribution in [0, 0.1) is 5.92 Å². The van der Waals surface area contributed by atoms with E-state index in [1.54, 1.807) is 13.8 Å². The molecule has 1 aliphatic rings. The van der Waals surface area contributed by atoms with Gasteiger partial charge < -0.3 is 4.74 Å². The minimum atomic E-state index is -0.542. The molecule has 7 heteroatoms. The molecule has 1 N–H and O–H groups in total. The highest BCUT2D eigenvalue weighted by Gasteiger charge is 2.24. The fourth-order valence-electron chi connectivity index (χ4n) is 2.86. The van der Waals surface area contributed by atoms with E-state index in [4.69, 9.17) is 17.0 Å². The van der Waals surface area contributed by atoms with Crippen LogP contribution in [0.4, 0.5) is 0 Å². The standard InChI is InChI=1S/C21H22N4O2S/c1-3-27-21(26)16(13-15-9-5-4-6-10-15)14(2)24-25-19-20(28)23-18-12-8-7-11-17(18)22-19/h4-12,16,19,25H,3,13H2,1-2H3. The van der Waals surface area contributed by atoms with Crippen LogP contribution in [0.25, 0.3) is 0 Å². The third kappa shape index (κ3) is 4.86. The summed E-state index contributed by atoms with van der Waals surface area (Å²) in [7, 11) is 0. The maximum absolute atomic E-state index is 12.5. The number of hydrogen-bond acceptors (Lipinski definition) is 6. The summed E-state index contributed by atoms with van der Waals surface area (Å²) in [5, 5.41) is 5.90. The van der Waals surface area contributed by atoms with Gasteiger partial charge in [0.05, 0.1) is 17.3 Å². The summed E-state index contributed by atoms with van der Waals surface area (Å²) in [6.07, 6.45) is -0.0321. The lowest BCUT2D eigenvalue weighted by molar-refractivity contribution is -0.145. The maximum atomic E-state index is 12.5. The van der Waals surface area contributed by atoms with Crippen molar-refractivity contribution in [3.05, 3.63) is 70.9 Å². The molecule has 2 unspecified atom stereocenters. The van der Waals surface area contributed by atoms with E-state index in [2.05, 4.69) is 20.5 Å². The number of esters is 1. The quantitative estimate of drug-likeness (QED) is 0.337. The number of benzene rings is 2. The third-order valence-corrected chi connectivity index (χ3v) is 4.65. The van der Waals surface area contributed by atoms with Gasteiger partial charge in [-0.1, -0.05) is 54.7 Å². The Morgan fingerprint density at radius 3 is 2.57 bits per heavy atom. The van der Waals surface area contributed by atoms with Crippen molar-refractivity contribution in [2.75, 3.05) is 6.61 Å². The second-order valence-corrected chi connectivity index (χ2v) is 6.77. The molecule has 0 amide bonds. The fraction of sp³-hybridized carbons (Fsp3) is 0.286. The lowest BCUT2D eigenvalue weighted by Gasteiger charge is -2.18. The monoisotopic (exact) mass is 394 g/mol. The lowest BCUT2D eigenvalue weighted by atomic mass is 9.95. The first-order chi connectivity index (χ1) is 13.6. The summed E-state index contributed by atoms with van der Waals surface area (Å²) in [5.74, 6) is -0.788. The van der Waals surface area contributed by atoms with Crippen molar-refractivity contribution < 1.29 is 9.53 Å². The molecule has 2 aromatic carbocycles. The summed E-state index contributed by atoms with van der Waals surface area (Å²) >= 11 is 5.34. The Labute approximate surface area is 169 Å². The van der Waals surface area contributed by atoms with E-state index in [9.17, 15) is 4.79 Å². The zero-order valence-electron chi connectivity index (χ0n) is 15.8. The number of carbonyl (C=O) groups is 1. The van der Waals surface area contributed by atoms with Gasteiger partial charge in [-0.05, 0) is 38.0 Å². The van der Waals surface area contributed by atoms with Crippen molar-refractivity contribution in [2.24, 2.45) is 21.0 Å². The van der Waals surface area contributed by atoms with Gasteiger partial charge in [-0.25, -0.2) is 9.98 Å². The number of carbonyl (C=O) groups excluding carboxylic acids is 1. The summed E-state index contributed by atoms with van der Waals surface area (Å²) in [4.78, 5) is 21.8. The van der Waals surface area contributed by atoms with Gasteiger partial charge in [0, 0.05) is 5.71 Å². The molecule has 144 valence electrons. The Hall–Kier alpha value is -2.93. The SMILES string of the molecule is CCOC(=O)C(Cc1ccccc1)C(C)=NNC1N=c2ccccc2=NC1=S. The number of rotatable bonds is 7. The molecule has 28 heavy (non-hydrogen) atoms. The highest BCUT2D eigenvalue weighted by Crippen LogP contribution is 2.13. The Morgan fingerprint density at radius 1 is 1.18 bits per heavy atom. The number of nitrogens with one attached hydrogen (secondary N) is 1. The van der Waals surface area contributed by atoms with Crippen LogP contribution in [-0.4, -0.2) is 29.4 Å². The van der Waals surface area contributed by atoms with Gasteiger partial charge in [-0.3, -0.25) is 10.2 Å². The van der Waals surface area contributed by atoms with Crippen LogP contribution < -0.4 is 16.1 Å². The normalized spacial score (nSPS) is 17.0. The second-order valence-electron chi connectivity index (χ2n) is 6.35. The van der Waals surface area contributed by atoms with Gasteiger partial charge >= 0.3 is 5.97 Å². The van der Waals surface area contributed by atoms with Crippen LogP contribution in [0.5, 0.6) is 0 Å². The topological polar surface area (TPSA) is 75.4 Å². The van der Waals surface area contributed by atoms with Gasteiger partial charge in [0.1, 0.15) is 10.9 Å². The molecule has 0 saturated heterocycles. The number of thiocarbonyl (C=S) groups is 1. The number of hydrazone groups is 1. The highest BCUT2D eigenvalue weighted by atomic mass is 32.1. The van der Waals surface area contributed by atoms with Crippen LogP contribution in [0.2, 0.25) is 0 Å². The molecule has 3 rings (SSSR count). The Kier molecular flexibility index (Phi) is 6.60. The molecule has 0 aliphatic carbocycles. The van der Waals surface area contributed by atoms with Crippen LogP contribution in [-0.2, 0) is 16.0 Å². The maximum Gasteiger partial charge on any atom is 0.315 e. The van der Waals surface area contributed by atoms with E-state index >= 15 is 0 Å². The average molecular weight is 395 g/mol. The number of fused-ring (bicyclic) bond motifs is 1. The number of hydrogen-bond donors (Lipinski definition) is 1. The Bertz CT molecular complexity index is 1000. The van der Waals surface area contributed by atoms with E-state index in [0.29, 0.717) is 23.7 Å². The van der Waals surface area contributed by atoms with E-state index in [-0.39, 0.29) is 5.97 Å². The molecule has 2 aromatic rings. The average Bonchev–Trinajstić information content (AvgIpc) is 2.71. The van der Waals surface area contributed by atoms with Crippen molar-refractivity contribution in [3.8, 4) is 0 Å². The van der Waals surface area contributed by atoms with E-state index in [0.717, 1.165) is 16.3 Å². The number of nitrogens with zero attached hydrogens (tertiary/aromatic N) is 3. The molecule has 0 radical (unpaired) electrons. The van der Waals surface area contributed by atoms with E-state index < -0.39 is 12.1 Å². The zero-order valence-corrected chi connectivity index (χ0v) is 16.6. The van der Waals surface area contributed by atoms with Gasteiger partial charge in [0.2, 0.25) is 0 Å². The molecule has 0 saturated carbocycles. The summed E-state index contributed by atoms with van der Waals surface area (Å²) in [5.41, 5.74) is 4.60. The minimum Gasteiger partial charge on any atom is -0.465 e. The van der Waals surface area contributed by atoms with Crippen molar-refractivity contribution >= 4 is 28.9 Å². The van der Waals surface area contributed by atoms with Crippen LogP contribution in [0.3, 0.4) is 0 Å². The second kappa shape index (κ2) is 9.32. The van der Waals surface area contributed by atoms with Crippen LogP contribution >= 0.6 is 12.2 Å². The molecule has 0 fully saturated rings. The first kappa shape index (κ1) is 19.8. The molecule has 1 heterocycles. The zero-order chi connectivity index (χ0) is 19.9. The molecule has 0 aromatic heterocycles. The first-order valence-electron chi connectivity index (χ1n) is 9.14. The minimum absolute atomic E-state index is 0.299. The first-order valence-corrected chi connectivity index (χ1v) is 9.55. The molecule has 1 aliphatic heterocycles. The lowest BCUT2D eigenvalue weighted by Crippen LogP contribution is -2.42. The van der Waals surface area contributed by atoms with Gasteiger partial charge in [-0.2, -0.15) is 5.10 Å². The van der Waals surface area contributed by atoms with Crippen molar-refractivity contribution in [2.45, 2.75) is 26.4 Å². The number of para-hydroxylation sites is 2. The summed E-state index contributed by atoms with van der Waals surface area (Å²) in [6, 6.07) is 17.3. The van der Waals surface area contributed by atoms with E-state index in [1.165, 1.54) is 0 Å². The largest absolute Gasteiger partial charge is 0.465 e. The molecular weight excluding hydrogens is 372 g/mol. The number of ether oxygens (including phenoxy) is 1. The summed E-state index contributed by atoms with van der Waals surface area (Å²) < 4.78 is 5.24.